The molecule has 0 heterocycles. The lowest BCUT2D eigenvalue weighted by Gasteiger charge is -2.16. The zero-order chi connectivity index (χ0) is 8.55. The molecule has 66 valence electrons. The van der Waals surface area contributed by atoms with Crippen molar-refractivity contribution in [3.63, 3.8) is 0 Å². The van der Waals surface area contributed by atoms with Crippen molar-refractivity contribution in [2.24, 2.45) is 11.8 Å². The van der Waals surface area contributed by atoms with E-state index in [-0.39, 0.29) is 5.83 Å². The quantitative estimate of drug-likeness (QED) is 0.588. The topological polar surface area (TPSA) is 0 Å². The summed E-state index contributed by atoms with van der Waals surface area (Å²) in [6, 6.07) is 0. The fourth-order valence-electron chi connectivity index (χ4n) is 1.92. The van der Waals surface area contributed by atoms with E-state index in [1.165, 1.54) is 12.8 Å². The molecule has 12 heavy (non-hydrogen) atoms. The number of halogens is 1. The van der Waals surface area contributed by atoms with E-state index < -0.39 is 0 Å². The van der Waals surface area contributed by atoms with Crippen LogP contribution in [0.15, 0.2) is 23.6 Å². The van der Waals surface area contributed by atoms with Crippen molar-refractivity contribution >= 4 is 0 Å². The Hall–Kier alpha value is -0.590. The van der Waals surface area contributed by atoms with E-state index in [0.717, 1.165) is 24.3 Å². The van der Waals surface area contributed by atoms with Gasteiger partial charge in [-0.15, -0.1) is 0 Å². The average molecular weight is 166 g/mol. The Morgan fingerprint density at radius 3 is 2.83 bits per heavy atom. The first-order valence-electron chi connectivity index (χ1n) is 4.88. The Bertz CT molecular complexity index is 233. The van der Waals surface area contributed by atoms with E-state index in [2.05, 4.69) is 6.08 Å². The zero-order valence-electron chi connectivity index (χ0n) is 7.52. The zero-order valence-corrected chi connectivity index (χ0v) is 7.52. The molecule has 1 fully saturated rings. The van der Waals surface area contributed by atoms with Gasteiger partial charge in [-0.05, 0) is 49.2 Å². The Balaban J connectivity index is 2.09. The molecular formula is C11H15F. The molecule has 1 saturated carbocycles. The molecule has 0 N–H and O–H groups in total. The monoisotopic (exact) mass is 166 g/mol. The molecule has 0 aliphatic heterocycles. The maximum absolute atomic E-state index is 13.1. The maximum atomic E-state index is 13.1. The summed E-state index contributed by atoms with van der Waals surface area (Å²) >= 11 is 0. The van der Waals surface area contributed by atoms with E-state index in [0.29, 0.717) is 5.92 Å². The van der Waals surface area contributed by atoms with Crippen molar-refractivity contribution in [1.82, 2.24) is 0 Å². The highest BCUT2D eigenvalue weighted by Gasteiger charge is 2.30. The number of allylic oxidation sites excluding steroid dienone is 4. The van der Waals surface area contributed by atoms with E-state index in [1.54, 1.807) is 6.08 Å². The van der Waals surface area contributed by atoms with Crippen molar-refractivity contribution in [2.45, 2.75) is 32.6 Å². The van der Waals surface area contributed by atoms with Crippen LogP contribution in [-0.2, 0) is 0 Å². The van der Waals surface area contributed by atoms with Gasteiger partial charge in [0.25, 0.3) is 0 Å². The molecule has 0 aromatic heterocycles. The summed E-state index contributed by atoms with van der Waals surface area (Å²) in [5.41, 5.74) is 0.929. The largest absolute Gasteiger partial charge is 0.207 e. The van der Waals surface area contributed by atoms with Gasteiger partial charge in [0.15, 0.2) is 0 Å². The molecule has 0 nitrogen and oxygen atoms in total. The normalized spacial score (nSPS) is 29.7. The molecule has 0 spiro atoms. The minimum atomic E-state index is 0.0226. The second-order valence-electron chi connectivity index (χ2n) is 3.83. The molecule has 0 saturated heterocycles. The molecule has 0 aromatic carbocycles. The standard InChI is InChI=1S/C11H15F/c1-2-8-7-10(9-3-4-9)5-6-11(8)12/h6-7,9-10H,2-5H2,1H3. The second-order valence-corrected chi connectivity index (χ2v) is 3.83. The van der Waals surface area contributed by atoms with E-state index in [9.17, 15) is 4.39 Å². The summed E-state index contributed by atoms with van der Waals surface area (Å²) in [4.78, 5) is 0. The summed E-state index contributed by atoms with van der Waals surface area (Å²) in [5, 5.41) is 0. The molecule has 1 atom stereocenters. The highest BCUT2D eigenvalue weighted by Crippen LogP contribution is 2.42. The van der Waals surface area contributed by atoms with Crippen molar-refractivity contribution < 1.29 is 4.39 Å². The smallest absolute Gasteiger partial charge is 0.122 e. The minimum absolute atomic E-state index is 0.0226. The van der Waals surface area contributed by atoms with Gasteiger partial charge < -0.3 is 0 Å². The molecule has 1 heteroatoms. The van der Waals surface area contributed by atoms with Crippen LogP contribution in [0.4, 0.5) is 4.39 Å². The van der Waals surface area contributed by atoms with Crippen LogP contribution in [0.3, 0.4) is 0 Å². The first-order valence-corrected chi connectivity index (χ1v) is 4.88. The van der Waals surface area contributed by atoms with Gasteiger partial charge in [0.2, 0.25) is 0 Å². The number of rotatable bonds is 2. The molecule has 0 amide bonds. The van der Waals surface area contributed by atoms with Gasteiger partial charge in [-0.1, -0.05) is 13.0 Å². The van der Waals surface area contributed by atoms with Crippen LogP contribution in [-0.4, -0.2) is 0 Å². The summed E-state index contributed by atoms with van der Waals surface area (Å²) in [6.07, 6.45) is 8.40. The lowest BCUT2D eigenvalue weighted by atomic mass is 9.90. The van der Waals surface area contributed by atoms with Crippen LogP contribution in [0.2, 0.25) is 0 Å². The fraction of sp³-hybridized carbons (Fsp3) is 0.636. The van der Waals surface area contributed by atoms with Crippen LogP contribution >= 0.6 is 0 Å². The van der Waals surface area contributed by atoms with E-state index in [4.69, 9.17) is 0 Å². The van der Waals surface area contributed by atoms with Crippen molar-refractivity contribution in [1.29, 1.82) is 0 Å². The molecular weight excluding hydrogens is 151 g/mol. The molecule has 2 aliphatic rings. The Kier molecular flexibility index (Phi) is 2.03. The lowest BCUT2D eigenvalue weighted by Crippen LogP contribution is -2.04. The first-order chi connectivity index (χ1) is 5.81. The third-order valence-electron chi connectivity index (χ3n) is 2.90. The Labute approximate surface area is 73.2 Å². The second kappa shape index (κ2) is 3.04. The van der Waals surface area contributed by atoms with Crippen molar-refractivity contribution in [3.8, 4) is 0 Å². The van der Waals surface area contributed by atoms with Gasteiger partial charge in [0, 0.05) is 0 Å². The van der Waals surface area contributed by atoms with Gasteiger partial charge >= 0.3 is 0 Å². The molecule has 2 aliphatic carbocycles. The van der Waals surface area contributed by atoms with Gasteiger partial charge in [-0.2, -0.15) is 0 Å². The highest BCUT2D eigenvalue weighted by molar-refractivity contribution is 5.30. The van der Waals surface area contributed by atoms with Crippen LogP contribution in [0, 0.1) is 11.8 Å². The van der Waals surface area contributed by atoms with Crippen LogP contribution in [0.1, 0.15) is 32.6 Å². The summed E-state index contributed by atoms with van der Waals surface area (Å²) in [6.45, 7) is 2.02. The molecule has 0 radical (unpaired) electrons. The molecule has 2 rings (SSSR count). The van der Waals surface area contributed by atoms with E-state index >= 15 is 0 Å². The summed E-state index contributed by atoms with van der Waals surface area (Å²) in [7, 11) is 0. The number of hydrogen-bond donors (Lipinski definition) is 0. The third-order valence-corrected chi connectivity index (χ3v) is 2.90. The maximum Gasteiger partial charge on any atom is 0.122 e. The van der Waals surface area contributed by atoms with Crippen LogP contribution in [0.5, 0.6) is 0 Å². The van der Waals surface area contributed by atoms with Crippen molar-refractivity contribution in [3.05, 3.63) is 23.6 Å². The van der Waals surface area contributed by atoms with Crippen LogP contribution < -0.4 is 0 Å². The molecule has 1 unspecified atom stereocenters. The Morgan fingerprint density at radius 2 is 2.25 bits per heavy atom. The lowest BCUT2D eigenvalue weighted by molar-refractivity contribution is 0.533. The van der Waals surface area contributed by atoms with Gasteiger partial charge in [0.05, 0.1) is 0 Å². The molecule has 0 aromatic rings. The highest BCUT2D eigenvalue weighted by atomic mass is 19.1. The van der Waals surface area contributed by atoms with Crippen molar-refractivity contribution in [2.75, 3.05) is 0 Å². The predicted octanol–water partition coefficient (Wildman–Crippen LogP) is 3.61. The first kappa shape index (κ1) is 8.03. The van der Waals surface area contributed by atoms with Gasteiger partial charge in [-0.25, -0.2) is 4.39 Å². The SMILES string of the molecule is CCC1=CC(C2CC2)CC=C1F. The fourth-order valence-corrected chi connectivity index (χ4v) is 1.92. The van der Waals surface area contributed by atoms with Gasteiger partial charge in [0.1, 0.15) is 5.83 Å². The molecule has 0 bridgehead atoms. The summed E-state index contributed by atoms with van der Waals surface area (Å²) < 4.78 is 13.1. The van der Waals surface area contributed by atoms with E-state index in [1.807, 2.05) is 6.92 Å². The third kappa shape index (κ3) is 1.45. The number of hydrogen-bond acceptors (Lipinski definition) is 0. The van der Waals surface area contributed by atoms with Gasteiger partial charge in [-0.3, -0.25) is 0 Å². The predicted molar refractivity (Wildman–Crippen MR) is 48.4 cm³/mol. The Morgan fingerprint density at radius 1 is 1.50 bits per heavy atom. The average Bonchev–Trinajstić information content (AvgIpc) is 2.88. The minimum Gasteiger partial charge on any atom is -0.207 e. The van der Waals surface area contributed by atoms with Crippen LogP contribution in [0.25, 0.3) is 0 Å². The summed E-state index contributed by atoms with van der Waals surface area (Å²) in [5.74, 6) is 1.55.